The number of nitrogens with zero attached hydrogens (tertiary/aromatic N) is 1. The van der Waals surface area contributed by atoms with Gasteiger partial charge in [0.25, 0.3) is 0 Å². The molecule has 1 aromatic rings. The van der Waals surface area contributed by atoms with Crippen LogP contribution < -0.4 is 10.6 Å². The Labute approximate surface area is 95.4 Å². The Morgan fingerprint density at radius 3 is 2.40 bits per heavy atom. The summed E-state index contributed by atoms with van der Waals surface area (Å²) in [6, 6.07) is 1.67. The molecule has 0 aliphatic heterocycles. The van der Waals surface area contributed by atoms with Crippen LogP contribution in [0, 0.1) is 0 Å². The Hall–Kier alpha value is -1.43. The summed E-state index contributed by atoms with van der Waals surface area (Å²) in [6.07, 6.45) is 1.54. The summed E-state index contributed by atoms with van der Waals surface area (Å²) in [7, 11) is 0. The lowest BCUT2D eigenvalue weighted by Crippen LogP contribution is -2.13. The average Bonchev–Trinajstić information content (AvgIpc) is 2.08. The summed E-state index contributed by atoms with van der Waals surface area (Å²) in [5.41, 5.74) is 0.465. The van der Waals surface area contributed by atoms with E-state index in [2.05, 4.69) is 31.5 Å². The smallest absolute Gasteiger partial charge is 0.222 e. The first kappa shape index (κ1) is 11.6. The summed E-state index contributed by atoms with van der Waals surface area (Å²) in [4.78, 5) is 25.7. The van der Waals surface area contributed by atoms with Crippen LogP contribution in [-0.4, -0.2) is 16.8 Å². The fourth-order valence-corrected chi connectivity index (χ4v) is 1.32. The van der Waals surface area contributed by atoms with Gasteiger partial charge in [-0.05, 0) is 22.0 Å². The number of aromatic nitrogens is 1. The Bertz CT molecular complexity index is 406. The molecular weight excluding hydrogens is 262 g/mol. The third kappa shape index (κ3) is 3.67. The van der Waals surface area contributed by atoms with E-state index in [1.165, 1.54) is 20.0 Å². The van der Waals surface area contributed by atoms with Gasteiger partial charge in [0.2, 0.25) is 11.8 Å². The molecule has 1 rings (SSSR count). The minimum Gasteiger partial charge on any atom is -0.323 e. The Balaban J connectivity index is 3.02. The van der Waals surface area contributed by atoms with Gasteiger partial charge in [-0.3, -0.25) is 9.59 Å². The number of halogens is 1. The molecule has 0 spiro atoms. The van der Waals surface area contributed by atoms with Crippen LogP contribution in [0.3, 0.4) is 0 Å². The maximum absolute atomic E-state index is 10.9. The molecule has 0 aliphatic carbocycles. The van der Waals surface area contributed by atoms with Gasteiger partial charge in [-0.25, -0.2) is 4.98 Å². The lowest BCUT2D eigenvalue weighted by molar-refractivity contribution is -0.115. The SMILES string of the molecule is CC(=O)Nc1cc(Br)cnc1NC(C)=O. The van der Waals surface area contributed by atoms with Crippen molar-refractivity contribution in [1.82, 2.24) is 4.98 Å². The standard InChI is InChI=1S/C9H10BrN3O2/c1-5(14)12-8-3-7(10)4-11-9(8)13-6(2)15/h3-4H,1-2H3,(H,12,14)(H,11,13,15). The molecule has 0 fully saturated rings. The summed E-state index contributed by atoms with van der Waals surface area (Å²) in [5.74, 6) is -0.126. The van der Waals surface area contributed by atoms with Crippen molar-refractivity contribution in [2.45, 2.75) is 13.8 Å². The van der Waals surface area contributed by atoms with Crippen molar-refractivity contribution in [1.29, 1.82) is 0 Å². The van der Waals surface area contributed by atoms with Crippen molar-refractivity contribution in [3.05, 3.63) is 16.7 Å². The molecule has 2 amide bonds. The molecule has 1 aromatic heterocycles. The van der Waals surface area contributed by atoms with Crippen LogP contribution in [0.2, 0.25) is 0 Å². The van der Waals surface area contributed by atoms with E-state index in [0.717, 1.165) is 4.47 Å². The van der Waals surface area contributed by atoms with Gasteiger partial charge in [-0.2, -0.15) is 0 Å². The molecule has 6 heteroatoms. The maximum Gasteiger partial charge on any atom is 0.222 e. The highest BCUT2D eigenvalue weighted by Crippen LogP contribution is 2.22. The third-order valence-electron chi connectivity index (χ3n) is 1.46. The average molecular weight is 272 g/mol. The van der Waals surface area contributed by atoms with Gasteiger partial charge in [0.1, 0.15) is 0 Å². The lowest BCUT2D eigenvalue weighted by Gasteiger charge is -2.09. The number of hydrogen-bond donors (Lipinski definition) is 2. The van der Waals surface area contributed by atoms with Crippen LogP contribution in [0.15, 0.2) is 16.7 Å². The van der Waals surface area contributed by atoms with Crippen LogP contribution in [0.25, 0.3) is 0 Å². The van der Waals surface area contributed by atoms with E-state index in [9.17, 15) is 9.59 Å². The molecule has 0 atom stereocenters. The van der Waals surface area contributed by atoms with Crippen LogP contribution in [-0.2, 0) is 9.59 Å². The number of hydrogen-bond acceptors (Lipinski definition) is 3. The molecule has 0 aliphatic rings. The number of anilines is 2. The van der Waals surface area contributed by atoms with E-state index in [1.807, 2.05) is 0 Å². The third-order valence-corrected chi connectivity index (χ3v) is 1.89. The first-order valence-electron chi connectivity index (χ1n) is 4.20. The molecule has 0 saturated heterocycles. The highest BCUT2D eigenvalue weighted by Gasteiger charge is 2.07. The maximum atomic E-state index is 10.9. The van der Waals surface area contributed by atoms with Crippen molar-refractivity contribution in [3.63, 3.8) is 0 Å². The van der Waals surface area contributed by atoms with E-state index in [1.54, 1.807) is 6.07 Å². The highest BCUT2D eigenvalue weighted by molar-refractivity contribution is 9.10. The van der Waals surface area contributed by atoms with Crippen molar-refractivity contribution in [3.8, 4) is 0 Å². The number of carbonyl (C=O) groups is 2. The van der Waals surface area contributed by atoms with Gasteiger partial charge in [0.05, 0.1) is 5.69 Å². The minimum absolute atomic E-state index is 0.221. The van der Waals surface area contributed by atoms with Crippen LogP contribution in [0.1, 0.15) is 13.8 Å². The van der Waals surface area contributed by atoms with Gasteiger partial charge < -0.3 is 10.6 Å². The molecule has 0 saturated carbocycles. The molecule has 5 nitrogen and oxygen atoms in total. The highest BCUT2D eigenvalue weighted by atomic mass is 79.9. The lowest BCUT2D eigenvalue weighted by atomic mass is 10.3. The van der Waals surface area contributed by atoms with Crippen LogP contribution in [0.5, 0.6) is 0 Å². The molecule has 0 unspecified atom stereocenters. The fraction of sp³-hybridized carbons (Fsp3) is 0.222. The second-order valence-corrected chi connectivity index (χ2v) is 3.83. The van der Waals surface area contributed by atoms with Crippen molar-refractivity contribution in [2.24, 2.45) is 0 Å². The molecule has 2 N–H and O–H groups in total. The van der Waals surface area contributed by atoms with Gasteiger partial charge in [0.15, 0.2) is 5.82 Å². The van der Waals surface area contributed by atoms with E-state index in [4.69, 9.17) is 0 Å². The molecule has 80 valence electrons. The van der Waals surface area contributed by atoms with E-state index >= 15 is 0 Å². The quantitative estimate of drug-likeness (QED) is 0.861. The zero-order valence-electron chi connectivity index (χ0n) is 8.30. The van der Waals surface area contributed by atoms with Gasteiger partial charge in [0, 0.05) is 24.5 Å². The normalized spacial score (nSPS) is 9.53. The monoisotopic (exact) mass is 271 g/mol. The summed E-state index contributed by atoms with van der Waals surface area (Å²) < 4.78 is 0.723. The Kier molecular flexibility index (Phi) is 3.79. The Morgan fingerprint density at radius 1 is 1.27 bits per heavy atom. The number of amides is 2. The molecule has 15 heavy (non-hydrogen) atoms. The molecule has 0 radical (unpaired) electrons. The number of pyridine rings is 1. The molecule has 0 bridgehead atoms. The van der Waals surface area contributed by atoms with Crippen LogP contribution >= 0.6 is 15.9 Å². The van der Waals surface area contributed by atoms with Gasteiger partial charge in [-0.15, -0.1) is 0 Å². The topological polar surface area (TPSA) is 71.1 Å². The second-order valence-electron chi connectivity index (χ2n) is 2.91. The molecular formula is C9H10BrN3O2. The second kappa shape index (κ2) is 4.88. The predicted molar refractivity (Wildman–Crippen MR) is 60.5 cm³/mol. The fourth-order valence-electron chi connectivity index (χ4n) is 0.991. The Morgan fingerprint density at radius 2 is 1.87 bits per heavy atom. The van der Waals surface area contributed by atoms with Gasteiger partial charge in [-0.1, -0.05) is 0 Å². The van der Waals surface area contributed by atoms with Crippen LogP contribution in [0.4, 0.5) is 11.5 Å². The van der Waals surface area contributed by atoms with Crippen molar-refractivity contribution >= 4 is 39.2 Å². The minimum atomic E-state index is -0.239. The first-order valence-corrected chi connectivity index (χ1v) is 4.99. The van der Waals surface area contributed by atoms with E-state index in [0.29, 0.717) is 11.5 Å². The zero-order chi connectivity index (χ0) is 11.4. The van der Waals surface area contributed by atoms with E-state index < -0.39 is 0 Å². The largest absolute Gasteiger partial charge is 0.323 e. The summed E-state index contributed by atoms with van der Waals surface area (Å²) in [5, 5.41) is 5.09. The molecule has 1 heterocycles. The predicted octanol–water partition coefficient (Wildman–Crippen LogP) is 1.76. The number of nitrogens with one attached hydrogen (secondary N) is 2. The van der Waals surface area contributed by atoms with Gasteiger partial charge >= 0.3 is 0 Å². The van der Waals surface area contributed by atoms with E-state index in [-0.39, 0.29) is 11.8 Å². The number of carbonyl (C=O) groups excluding carboxylic acids is 2. The first-order chi connectivity index (χ1) is 6.99. The van der Waals surface area contributed by atoms with Crippen molar-refractivity contribution in [2.75, 3.05) is 10.6 Å². The van der Waals surface area contributed by atoms with Crippen molar-refractivity contribution < 1.29 is 9.59 Å². The zero-order valence-corrected chi connectivity index (χ0v) is 9.88. The molecule has 0 aromatic carbocycles. The number of rotatable bonds is 2. The summed E-state index contributed by atoms with van der Waals surface area (Å²) in [6.45, 7) is 2.76. The summed E-state index contributed by atoms with van der Waals surface area (Å²) >= 11 is 3.23.